The standard InChI is InChI=1S/C17H26O/c1-2-3-4-7-14-8-5-6-9-17(14)15-10-12-16(18)13-11-15/h5-6,8-9,15-16,18H,2-4,7,10-13H2,1H3. The van der Waals surface area contributed by atoms with Crippen LogP contribution < -0.4 is 0 Å². The quantitative estimate of drug-likeness (QED) is 0.762. The van der Waals surface area contributed by atoms with Crippen molar-refractivity contribution in [2.24, 2.45) is 0 Å². The van der Waals surface area contributed by atoms with Gasteiger partial charge in [-0.1, -0.05) is 44.0 Å². The summed E-state index contributed by atoms with van der Waals surface area (Å²) in [4.78, 5) is 0. The molecule has 0 aliphatic heterocycles. The maximum Gasteiger partial charge on any atom is 0.0540 e. The first-order valence-corrected chi connectivity index (χ1v) is 7.57. The average Bonchev–Trinajstić information content (AvgIpc) is 2.41. The van der Waals surface area contributed by atoms with Crippen molar-refractivity contribution < 1.29 is 5.11 Å². The molecule has 18 heavy (non-hydrogen) atoms. The molecule has 1 aliphatic rings. The van der Waals surface area contributed by atoms with Gasteiger partial charge in [-0.2, -0.15) is 0 Å². The van der Waals surface area contributed by atoms with Crippen LogP contribution >= 0.6 is 0 Å². The molecule has 1 aromatic rings. The van der Waals surface area contributed by atoms with Crippen molar-refractivity contribution in [2.45, 2.75) is 70.3 Å². The first kappa shape index (κ1) is 13.6. The van der Waals surface area contributed by atoms with Crippen molar-refractivity contribution in [2.75, 3.05) is 0 Å². The van der Waals surface area contributed by atoms with Crippen molar-refractivity contribution >= 4 is 0 Å². The molecule has 1 N–H and O–H groups in total. The zero-order valence-electron chi connectivity index (χ0n) is 11.6. The second-order valence-electron chi connectivity index (χ2n) is 5.66. The van der Waals surface area contributed by atoms with Crippen LogP contribution in [0, 0.1) is 0 Å². The van der Waals surface area contributed by atoms with Gasteiger partial charge in [0.2, 0.25) is 0 Å². The van der Waals surface area contributed by atoms with Crippen LogP contribution in [0.2, 0.25) is 0 Å². The van der Waals surface area contributed by atoms with E-state index in [2.05, 4.69) is 31.2 Å². The predicted molar refractivity (Wildman–Crippen MR) is 76.9 cm³/mol. The molecule has 0 spiro atoms. The van der Waals surface area contributed by atoms with E-state index in [0.717, 1.165) is 25.7 Å². The van der Waals surface area contributed by atoms with Crippen LogP contribution in [0.3, 0.4) is 0 Å². The van der Waals surface area contributed by atoms with E-state index >= 15 is 0 Å². The normalized spacial score (nSPS) is 24.1. The Kier molecular flexibility index (Phi) is 5.25. The molecule has 0 amide bonds. The smallest absolute Gasteiger partial charge is 0.0540 e. The molecule has 1 nitrogen and oxygen atoms in total. The maximum absolute atomic E-state index is 9.62. The molecule has 0 bridgehead atoms. The van der Waals surface area contributed by atoms with Crippen LogP contribution in [0.25, 0.3) is 0 Å². The Morgan fingerprint density at radius 1 is 1.06 bits per heavy atom. The number of aryl methyl sites for hydroxylation is 1. The number of aliphatic hydroxyl groups excluding tert-OH is 1. The van der Waals surface area contributed by atoms with Gasteiger partial charge in [-0.3, -0.25) is 0 Å². The lowest BCUT2D eigenvalue weighted by molar-refractivity contribution is 0.122. The highest BCUT2D eigenvalue weighted by Gasteiger charge is 2.22. The molecular weight excluding hydrogens is 220 g/mol. The number of aliphatic hydroxyl groups is 1. The summed E-state index contributed by atoms with van der Waals surface area (Å²) in [7, 11) is 0. The average molecular weight is 246 g/mol. The molecule has 0 aromatic heterocycles. The van der Waals surface area contributed by atoms with Gasteiger partial charge in [0.1, 0.15) is 0 Å². The summed E-state index contributed by atoms with van der Waals surface area (Å²) in [6.45, 7) is 2.26. The highest BCUT2D eigenvalue weighted by Crippen LogP contribution is 2.34. The second kappa shape index (κ2) is 6.94. The van der Waals surface area contributed by atoms with Crippen molar-refractivity contribution in [3.63, 3.8) is 0 Å². The van der Waals surface area contributed by atoms with Crippen LogP contribution in [-0.4, -0.2) is 11.2 Å². The van der Waals surface area contributed by atoms with Crippen LogP contribution in [-0.2, 0) is 6.42 Å². The molecule has 1 aromatic carbocycles. The summed E-state index contributed by atoms with van der Waals surface area (Å²) in [6, 6.07) is 8.95. The highest BCUT2D eigenvalue weighted by atomic mass is 16.3. The molecule has 0 saturated heterocycles. The minimum absolute atomic E-state index is 0.0477. The molecule has 2 rings (SSSR count). The van der Waals surface area contributed by atoms with Gasteiger partial charge in [-0.15, -0.1) is 0 Å². The third-order valence-electron chi connectivity index (χ3n) is 4.24. The summed E-state index contributed by atoms with van der Waals surface area (Å²) in [5.74, 6) is 0.686. The van der Waals surface area contributed by atoms with Crippen molar-refractivity contribution in [1.82, 2.24) is 0 Å². The van der Waals surface area contributed by atoms with E-state index in [0.29, 0.717) is 5.92 Å². The van der Waals surface area contributed by atoms with Gasteiger partial charge in [-0.05, 0) is 55.6 Å². The van der Waals surface area contributed by atoms with Gasteiger partial charge in [0.05, 0.1) is 6.10 Å². The predicted octanol–water partition coefficient (Wildman–Crippen LogP) is 4.44. The van der Waals surface area contributed by atoms with Gasteiger partial charge < -0.3 is 5.11 Å². The molecular formula is C17H26O. The zero-order valence-corrected chi connectivity index (χ0v) is 11.6. The summed E-state index contributed by atoms with van der Waals surface area (Å²) in [6.07, 6.45) is 9.38. The van der Waals surface area contributed by atoms with E-state index in [-0.39, 0.29) is 6.10 Å². The molecule has 100 valence electrons. The fourth-order valence-electron chi connectivity index (χ4n) is 3.11. The Morgan fingerprint density at radius 2 is 1.78 bits per heavy atom. The number of hydrogen-bond acceptors (Lipinski definition) is 1. The van der Waals surface area contributed by atoms with Crippen molar-refractivity contribution in [3.05, 3.63) is 35.4 Å². The van der Waals surface area contributed by atoms with Crippen LogP contribution in [0.4, 0.5) is 0 Å². The summed E-state index contributed by atoms with van der Waals surface area (Å²) in [5.41, 5.74) is 3.10. The number of hydrogen-bond donors (Lipinski definition) is 1. The highest BCUT2D eigenvalue weighted by molar-refractivity contribution is 5.31. The maximum atomic E-state index is 9.62. The Balaban J connectivity index is 2.02. The third kappa shape index (κ3) is 3.58. The number of rotatable bonds is 5. The van der Waals surface area contributed by atoms with E-state index in [1.807, 2.05) is 0 Å². The lowest BCUT2D eigenvalue weighted by atomic mass is 9.80. The zero-order chi connectivity index (χ0) is 12.8. The van der Waals surface area contributed by atoms with Gasteiger partial charge in [0.15, 0.2) is 0 Å². The van der Waals surface area contributed by atoms with E-state index in [1.54, 1.807) is 11.1 Å². The van der Waals surface area contributed by atoms with Crippen molar-refractivity contribution in [1.29, 1.82) is 0 Å². The largest absolute Gasteiger partial charge is 0.393 e. The van der Waals surface area contributed by atoms with E-state index in [4.69, 9.17) is 0 Å². The fourth-order valence-corrected chi connectivity index (χ4v) is 3.11. The van der Waals surface area contributed by atoms with E-state index in [9.17, 15) is 5.11 Å². The summed E-state index contributed by atoms with van der Waals surface area (Å²) >= 11 is 0. The van der Waals surface area contributed by atoms with Crippen LogP contribution in [0.5, 0.6) is 0 Å². The van der Waals surface area contributed by atoms with Gasteiger partial charge in [0, 0.05) is 0 Å². The van der Waals surface area contributed by atoms with Crippen LogP contribution in [0.15, 0.2) is 24.3 Å². The van der Waals surface area contributed by atoms with E-state index < -0.39 is 0 Å². The Hall–Kier alpha value is -0.820. The van der Waals surface area contributed by atoms with Gasteiger partial charge in [-0.25, -0.2) is 0 Å². The summed E-state index contributed by atoms with van der Waals surface area (Å²) in [5, 5.41) is 9.62. The number of benzene rings is 1. The van der Waals surface area contributed by atoms with Crippen LogP contribution in [0.1, 0.15) is 68.9 Å². The molecule has 1 saturated carbocycles. The Bertz CT molecular complexity index is 350. The van der Waals surface area contributed by atoms with E-state index in [1.165, 1.54) is 25.7 Å². The summed E-state index contributed by atoms with van der Waals surface area (Å²) < 4.78 is 0. The molecule has 1 fully saturated rings. The molecule has 0 radical (unpaired) electrons. The van der Waals surface area contributed by atoms with Crippen molar-refractivity contribution in [3.8, 4) is 0 Å². The Labute approximate surface area is 111 Å². The number of unbranched alkanes of at least 4 members (excludes halogenated alkanes) is 2. The second-order valence-corrected chi connectivity index (χ2v) is 5.66. The molecule has 1 aliphatic carbocycles. The third-order valence-corrected chi connectivity index (χ3v) is 4.24. The minimum atomic E-state index is -0.0477. The lowest BCUT2D eigenvalue weighted by Crippen LogP contribution is -2.17. The van der Waals surface area contributed by atoms with Gasteiger partial charge in [0.25, 0.3) is 0 Å². The SMILES string of the molecule is CCCCCc1ccccc1C1CCC(O)CC1. The first-order valence-electron chi connectivity index (χ1n) is 7.57. The molecule has 1 heteroatoms. The minimum Gasteiger partial charge on any atom is -0.393 e. The lowest BCUT2D eigenvalue weighted by Gasteiger charge is -2.27. The first-order chi connectivity index (χ1) is 8.81. The topological polar surface area (TPSA) is 20.2 Å². The fraction of sp³-hybridized carbons (Fsp3) is 0.647. The Morgan fingerprint density at radius 3 is 2.50 bits per heavy atom. The molecule has 0 atom stereocenters. The monoisotopic (exact) mass is 246 g/mol. The molecule has 0 unspecified atom stereocenters. The van der Waals surface area contributed by atoms with Gasteiger partial charge >= 0.3 is 0 Å². The molecule has 0 heterocycles.